The number of para-hydroxylation sites is 1. The summed E-state index contributed by atoms with van der Waals surface area (Å²) in [7, 11) is 0. The molecule has 0 saturated heterocycles. The lowest BCUT2D eigenvalue weighted by molar-refractivity contribution is -0.142. The lowest BCUT2D eigenvalue weighted by Crippen LogP contribution is -2.50. The van der Waals surface area contributed by atoms with E-state index >= 15 is 0 Å². The highest BCUT2D eigenvalue weighted by Gasteiger charge is 2.30. The Morgan fingerprint density at radius 2 is 1.66 bits per heavy atom. The van der Waals surface area contributed by atoms with Crippen molar-refractivity contribution in [2.75, 3.05) is 13.2 Å². The minimum absolute atomic E-state index is 0.108. The number of likely N-dealkylation sites (N-methyl/N-ethyl adjacent to an activating group) is 1. The Bertz CT molecular complexity index is 921. The summed E-state index contributed by atoms with van der Waals surface area (Å²) in [6.07, 6.45) is 0.443. The molecular formula is C25H32Cl2N2O3. The van der Waals surface area contributed by atoms with Crippen molar-refractivity contribution in [1.29, 1.82) is 0 Å². The first-order chi connectivity index (χ1) is 15.1. The molecule has 2 amide bonds. The van der Waals surface area contributed by atoms with E-state index in [1.807, 2.05) is 38.1 Å². The average Bonchev–Trinajstić information content (AvgIpc) is 2.73. The van der Waals surface area contributed by atoms with Crippen LogP contribution in [0.5, 0.6) is 5.75 Å². The Kier molecular flexibility index (Phi) is 9.41. The SMILES string of the molecule is CCNC(=O)[C@@H](CC)N(Cc1c(Cl)cccc1Cl)C(=O)COc1ccccc1C(C)(C)C. The highest BCUT2D eigenvalue weighted by atomic mass is 35.5. The molecule has 0 aliphatic carbocycles. The molecule has 174 valence electrons. The van der Waals surface area contributed by atoms with Crippen LogP contribution in [0.2, 0.25) is 10.0 Å². The number of carbonyl (C=O) groups is 2. The zero-order chi connectivity index (χ0) is 23.9. The first kappa shape index (κ1) is 26.0. The first-order valence-electron chi connectivity index (χ1n) is 10.8. The molecule has 5 nitrogen and oxygen atoms in total. The molecule has 2 aromatic carbocycles. The van der Waals surface area contributed by atoms with E-state index in [1.165, 1.54) is 4.90 Å². The van der Waals surface area contributed by atoms with Gasteiger partial charge in [0.1, 0.15) is 11.8 Å². The molecule has 1 N–H and O–H groups in total. The van der Waals surface area contributed by atoms with Gasteiger partial charge in [0.05, 0.1) is 0 Å². The Morgan fingerprint density at radius 3 is 2.22 bits per heavy atom. The molecule has 2 aromatic rings. The van der Waals surface area contributed by atoms with Crippen LogP contribution in [-0.2, 0) is 21.5 Å². The predicted molar refractivity (Wildman–Crippen MR) is 130 cm³/mol. The van der Waals surface area contributed by atoms with E-state index in [4.69, 9.17) is 27.9 Å². The summed E-state index contributed by atoms with van der Waals surface area (Å²) in [6, 6.07) is 12.2. The minimum atomic E-state index is -0.670. The van der Waals surface area contributed by atoms with E-state index in [0.29, 0.717) is 34.3 Å². The zero-order valence-corrected chi connectivity index (χ0v) is 20.9. The molecule has 0 bridgehead atoms. The van der Waals surface area contributed by atoms with Crippen LogP contribution < -0.4 is 10.1 Å². The molecule has 2 rings (SSSR count). The van der Waals surface area contributed by atoms with Gasteiger partial charge in [-0.25, -0.2) is 0 Å². The monoisotopic (exact) mass is 478 g/mol. The third-order valence-electron chi connectivity index (χ3n) is 5.17. The van der Waals surface area contributed by atoms with E-state index in [9.17, 15) is 9.59 Å². The van der Waals surface area contributed by atoms with Crippen LogP contribution in [0.1, 0.15) is 52.2 Å². The Balaban J connectivity index is 2.33. The highest BCUT2D eigenvalue weighted by Crippen LogP contribution is 2.31. The normalized spacial score (nSPS) is 12.2. The molecule has 0 heterocycles. The van der Waals surface area contributed by atoms with Crippen molar-refractivity contribution in [3.8, 4) is 5.75 Å². The van der Waals surface area contributed by atoms with Crippen molar-refractivity contribution in [3.05, 3.63) is 63.6 Å². The zero-order valence-electron chi connectivity index (χ0n) is 19.4. The number of nitrogens with zero attached hydrogens (tertiary/aromatic N) is 1. The average molecular weight is 479 g/mol. The lowest BCUT2D eigenvalue weighted by Gasteiger charge is -2.31. The highest BCUT2D eigenvalue weighted by molar-refractivity contribution is 6.36. The van der Waals surface area contributed by atoms with Crippen LogP contribution in [0.25, 0.3) is 0 Å². The van der Waals surface area contributed by atoms with Gasteiger partial charge in [-0.3, -0.25) is 9.59 Å². The number of carbonyl (C=O) groups excluding carboxylic acids is 2. The first-order valence-corrected chi connectivity index (χ1v) is 11.6. The topological polar surface area (TPSA) is 58.6 Å². The second kappa shape index (κ2) is 11.6. The quantitative estimate of drug-likeness (QED) is 0.509. The smallest absolute Gasteiger partial charge is 0.261 e. The van der Waals surface area contributed by atoms with Gasteiger partial charge in [0, 0.05) is 28.7 Å². The maximum absolute atomic E-state index is 13.3. The van der Waals surface area contributed by atoms with Crippen molar-refractivity contribution >= 4 is 35.0 Å². The molecule has 0 aliphatic rings. The van der Waals surface area contributed by atoms with E-state index < -0.39 is 6.04 Å². The predicted octanol–water partition coefficient (Wildman–Crippen LogP) is 5.61. The van der Waals surface area contributed by atoms with Crippen molar-refractivity contribution in [1.82, 2.24) is 10.2 Å². The van der Waals surface area contributed by atoms with Crippen LogP contribution in [0.15, 0.2) is 42.5 Å². The number of halogens is 2. The molecule has 1 atom stereocenters. The van der Waals surface area contributed by atoms with Crippen molar-refractivity contribution in [2.45, 2.75) is 59.0 Å². The molecule has 0 saturated carbocycles. The van der Waals surface area contributed by atoms with Gasteiger partial charge in [-0.2, -0.15) is 0 Å². The molecule has 0 radical (unpaired) electrons. The molecule has 7 heteroatoms. The van der Waals surface area contributed by atoms with Gasteiger partial charge in [0.15, 0.2) is 6.61 Å². The number of rotatable bonds is 9. The van der Waals surface area contributed by atoms with E-state index in [-0.39, 0.29) is 30.4 Å². The molecular weight excluding hydrogens is 447 g/mol. The Labute approximate surface area is 201 Å². The summed E-state index contributed by atoms with van der Waals surface area (Å²) in [6.45, 7) is 10.3. The third-order valence-corrected chi connectivity index (χ3v) is 5.88. The van der Waals surface area contributed by atoms with Gasteiger partial charge in [0.25, 0.3) is 5.91 Å². The molecule has 0 unspecified atom stereocenters. The fourth-order valence-corrected chi connectivity index (χ4v) is 4.02. The van der Waals surface area contributed by atoms with Gasteiger partial charge in [-0.05, 0) is 42.5 Å². The van der Waals surface area contributed by atoms with Gasteiger partial charge in [0.2, 0.25) is 5.91 Å². The fourth-order valence-electron chi connectivity index (χ4n) is 3.50. The van der Waals surface area contributed by atoms with Crippen molar-refractivity contribution in [2.24, 2.45) is 0 Å². The molecule has 0 aliphatic heterocycles. The summed E-state index contributed by atoms with van der Waals surface area (Å²) in [5.74, 6) is 0.111. The van der Waals surface area contributed by atoms with Crippen molar-refractivity contribution in [3.63, 3.8) is 0 Å². The third kappa shape index (κ3) is 6.63. The maximum Gasteiger partial charge on any atom is 0.261 e. The lowest BCUT2D eigenvalue weighted by atomic mass is 9.86. The number of benzene rings is 2. The van der Waals surface area contributed by atoms with Crippen LogP contribution in [0.4, 0.5) is 0 Å². The molecule has 32 heavy (non-hydrogen) atoms. The van der Waals surface area contributed by atoms with Crippen LogP contribution in [0, 0.1) is 0 Å². The van der Waals surface area contributed by atoms with E-state index in [1.54, 1.807) is 18.2 Å². The Morgan fingerprint density at radius 1 is 1.03 bits per heavy atom. The summed E-state index contributed by atoms with van der Waals surface area (Å²) >= 11 is 12.7. The number of hydrogen-bond acceptors (Lipinski definition) is 3. The number of ether oxygens (including phenoxy) is 1. The van der Waals surface area contributed by atoms with Gasteiger partial charge >= 0.3 is 0 Å². The number of amides is 2. The molecule has 0 fully saturated rings. The van der Waals surface area contributed by atoms with Crippen LogP contribution in [-0.4, -0.2) is 35.9 Å². The summed E-state index contributed by atoms with van der Waals surface area (Å²) in [4.78, 5) is 27.6. The molecule has 0 aromatic heterocycles. The van der Waals surface area contributed by atoms with Crippen LogP contribution in [0.3, 0.4) is 0 Å². The fraction of sp³-hybridized carbons (Fsp3) is 0.440. The summed E-state index contributed by atoms with van der Waals surface area (Å²) in [5, 5.41) is 3.70. The maximum atomic E-state index is 13.3. The van der Waals surface area contributed by atoms with Gasteiger partial charge in [-0.1, -0.05) is 75.2 Å². The van der Waals surface area contributed by atoms with Crippen LogP contribution >= 0.6 is 23.2 Å². The van der Waals surface area contributed by atoms with E-state index in [0.717, 1.165) is 5.56 Å². The summed E-state index contributed by atoms with van der Waals surface area (Å²) in [5.41, 5.74) is 1.46. The van der Waals surface area contributed by atoms with Gasteiger partial charge in [-0.15, -0.1) is 0 Å². The largest absolute Gasteiger partial charge is 0.483 e. The van der Waals surface area contributed by atoms with E-state index in [2.05, 4.69) is 26.1 Å². The van der Waals surface area contributed by atoms with Crippen molar-refractivity contribution < 1.29 is 14.3 Å². The minimum Gasteiger partial charge on any atom is -0.483 e. The summed E-state index contributed by atoms with van der Waals surface area (Å²) < 4.78 is 5.95. The number of nitrogens with one attached hydrogen (secondary N) is 1. The standard InChI is InChI=1S/C25H32Cl2N2O3/c1-6-21(24(31)28-7-2)29(15-17-19(26)12-10-13-20(17)27)23(30)16-32-22-14-9-8-11-18(22)25(3,4)5/h8-14,21H,6-7,15-16H2,1-5H3,(H,28,31)/t21-/m1/s1. The second-order valence-corrected chi connectivity index (χ2v) is 9.39. The Hall–Kier alpha value is -2.24. The second-order valence-electron chi connectivity index (χ2n) is 8.58. The van der Waals surface area contributed by atoms with Gasteiger partial charge < -0.3 is 15.0 Å². The number of hydrogen-bond donors (Lipinski definition) is 1. The molecule has 0 spiro atoms.